The van der Waals surface area contributed by atoms with Crippen LogP contribution in [0.25, 0.3) is 0 Å². The first-order chi connectivity index (χ1) is 9.45. The summed E-state index contributed by atoms with van der Waals surface area (Å²) in [6.07, 6.45) is 0. The molecule has 3 nitrogen and oxygen atoms in total. The van der Waals surface area contributed by atoms with E-state index in [2.05, 4.69) is 15.9 Å². The Morgan fingerprint density at radius 1 is 1.40 bits per heavy atom. The van der Waals surface area contributed by atoms with Gasteiger partial charge in [-0.1, -0.05) is 0 Å². The Kier molecular flexibility index (Phi) is 4.91. The fourth-order valence-corrected chi connectivity index (χ4v) is 3.48. The first kappa shape index (κ1) is 15.2. The number of hydrogen-bond acceptors (Lipinski definition) is 3. The Bertz CT molecular complexity index is 629. The van der Waals surface area contributed by atoms with Crippen LogP contribution < -0.4 is 0 Å². The summed E-state index contributed by atoms with van der Waals surface area (Å²) < 4.78 is 14.3. The molecule has 0 unspecified atom stereocenters. The van der Waals surface area contributed by atoms with E-state index in [4.69, 9.17) is 5.11 Å². The summed E-state index contributed by atoms with van der Waals surface area (Å²) in [5, 5.41) is 11.1. The van der Waals surface area contributed by atoms with Gasteiger partial charge in [0.05, 0.1) is 5.56 Å². The SMILES string of the molecule is CN(Cc1cc(Br)cs1)Cc1cc(F)ccc1C(=O)O. The molecule has 1 heterocycles. The summed E-state index contributed by atoms with van der Waals surface area (Å²) >= 11 is 5.02. The van der Waals surface area contributed by atoms with Crippen molar-refractivity contribution in [2.45, 2.75) is 13.1 Å². The van der Waals surface area contributed by atoms with Gasteiger partial charge in [0.15, 0.2) is 0 Å². The van der Waals surface area contributed by atoms with Crippen LogP contribution >= 0.6 is 27.3 Å². The molecule has 0 radical (unpaired) electrons. The highest BCUT2D eigenvalue weighted by molar-refractivity contribution is 9.10. The Morgan fingerprint density at radius 2 is 2.15 bits per heavy atom. The number of benzene rings is 1. The lowest BCUT2D eigenvalue weighted by atomic mass is 10.1. The lowest BCUT2D eigenvalue weighted by Crippen LogP contribution is -2.18. The largest absolute Gasteiger partial charge is 0.478 e. The highest BCUT2D eigenvalue weighted by Gasteiger charge is 2.13. The molecule has 6 heteroatoms. The van der Waals surface area contributed by atoms with Gasteiger partial charge in [-0.2, -0.15) is 0 Å². The van der Waals surface area contributed by atoms with Crippen molar-refractivity contribution in [1.29, 1.82) is 0 Å². The van der Waals surface area contributed by atoms with Crippen molar-refractivity contribution >= 4 is 33.2 Å². The molecule has 0 atom stereocenters. The number of hydrogen-bond donors (Lipinski definition) is 1. The number of halogens is 2. The second-order valence-electron chi connectivity index (χ2n) is 4.51. The first-order valence-corrected chi connectivity index (χ1v) is 7.56. The van der Waals surface area contributed by atoms with Crippen LogP contribution in [0, 0.1) is 5.82 Å². The van der Waals surface area contributed by atoms with E-state index >= 15 is 0 Å². The van der Waals surface area contributed by atoms with Crippen molar-refractivity contribution in [2.24, 2.45) is 0 Å². The molecule has 0 saturated heterocycles. The van der Waals surface area contributed by atoms with Crippen LogP contribution in [0.3, 0.4) is 0 Å². The van der Waals surface area contributed by atoms with Crippen LogP contribution in [0.1, 0.15) is 20.8 Å². The molecule has 0 aliphatic heterocycles. The third-order valence-corrected chi connectivity index (χ3v) is 4.47. The summed E-state index contributed by atoms with van der Waals surface area (Å²) in [6.45, 7) is 1.07. The summed E-state index contributed by atoms with van der Waals surface area (Å²) in [4.78, 5) is 14.2. The lowest BCUT2D eigenvalue weighted by Gasteiger charge is -2.17. The lowest BCUT2D eigenvalue weighted by molar-refractivity contribution is 0.0694. The second-order valence-corrected chi connectivity index (χ2v) is 6.42. The van der Waals surface area contributed by atoms with E-state index in [1.54, 1.807) is 11.3 Å². The standard InChI is InChI=1S/C14H13BrFNO2S/c1-17(7-12-5-10(15)8-20-12)6-9-4-11(16)2-3-13(9)14(18)19/h2-5,8H,6-7H2,1H3,(H,18,19). The van der Waals surface area contributed by atoms with Gasteiger partial charge in [-0.25, -0.2) is 9.18 Å². The molecule has 2 aromatic rings. The molecular weight excluding hydrogens is 345 g/mol. The van der Waals surface area contributed by atoms with E-state index in [1.807, 2.05) is 23.4 Å². The van der Waals surface area contributed by atoms with Gasteiger partial charge in [0, 0.05) is 27.8 Å². The number of carboxylic acids is 1. The Labute approximate surface area is 128 Å². The number of aromatic carboxylic acids is 1. The predicted molar refractivity (Wildman–Crippen MR) is 80.5 cm³/mol. The Morgan fingerprint density at radius 3 is 2.75 bits per heavy atom. The number of thiophene rings is 1. The average Bonchev–Trinajstić information content (AvgIpc) is 2.74. The maximum atomic E-state index is 13.3. The molecule has 1 N–H and O–H groups in total. The molecule has 0 amide bonds. The number of rotatable bonds is 5. The van der Waals surface area contributed by atoms with Gasteiger partial charge in [0.2, 0.25) is 0 Å². The van der Waals surface area contributed by atoms with Crippen molar-refractivity contribution in [3.05, 3.63) is 55.9 Å². The molecule has 0 fully saturated rings. The van der Waals surface area contributed by atoms with Gasteiger partial charge >= 0.3 is 5.97 Å². The zero-order valence-corrected chi connectivity index (χ0v) is 13.2. The molecule has 0 aliphatic carbocycles. The fourth-order valence-electron chi connectivity index (χ4n) is 1.95. The van der Waals surface area contributed by atoms with Crippen LogP contribution in [0.2, 0.25) is 0 Å². The van der Waals surface area contributed by atoms with Crippen LogP contribution in [-0.4, -0.2) is 23.0 Å². The monoisotopic (exact) mass is 357 g/mol. The molecule has 0 spiro atoms. The molecule has 0 bridgehead atoms. The molecule has 20 heavy (non-hydrogen) atoms. The minimum atomic E-state index is -1.03. The van der Waals surface area contributed by atoms with Crippen molar-refractivity contribution in [3.63, 3.8) is 0 Å². The van der Waals surface area contributed by atoms with Gasteiger partial charge in [-0.15, -0.1) is 11.3 Å². The molecule has 0 aliphatic rings. The Balaban J connectivity index is 2.12. The number of nitrogens with zero attached hydrogens (tertiary/aromatic N) is 1. The van der Waals surface area contributed by atoms with Crippen LogP contribution in [-0.2, 0) is 13.1 Å². The minimum absolute atomic E-state index is 0.144. The van der Waals surface area contributed by atoms with Crippen molar-refractivity contribution in [1.82, 2.24) is 4.90 Å². The van der Waals surface area contributed by atoms with Crippen molar-refractivity contribution < 1.29 is 14.3 Å². The molecular formula is C14H13BrFNO2S. The zero-order valence-electron chi connectivity index (χ0n) is 10.8. The summed E-state index contributed by atoms with van der Waals surface area (Å²) in [7, 11) is 1.88. The molecule has 1 aromatic heterocycles. The van der Waals surface area contributed by atoms with E-state index in [1.165, 1.54) is 18.2 Å². The van der Waals surface area contributed by atoms with E-state index < -0.39 is 11.8 Å². The molecule has 106 valence electrons. The van der Waals surface area contributed by atoms with E-state index in [0.717, 1.165) is 9.35 Å². The number of carbonyl (C=O) groups is 1. The van der Waals surface area contributed by atoms with Gasteiger partial charge < -0.3 is 5.11 Å². The van der Waals surface area contributed by atoms with Gasteiger partial charge in [-0.05, 0) is 52.8 Å². The first-order valence-electron chi connectivity index (χ1n) is 5.89. The zero-order chi connectivity index (χ0) is 14.7. The number of carboxylic acid groups (broad SMARTS) is 1. The third kappa shape index (κ3) is 3.88. The Hall–Kier alpha value is -1.24. The maximum absolute atomic E-state index is 13.3. The quantitative estimate of drug-likeness (QED) is 0.879. The van der Waals surface area contributed by atoms with E-state index in [0.29, 0.717) is 18.7 Å². The highest BCUT2D eigenvalue weighted by atomic mass is 79.9. The van der Waals surface area contributed by atoms with Crippen LogP contribution in [0.15, 0.2) is 34.1 Å². The fraction of sp³-hybridized carbons (Fsp3) is 0.214. The third-order valence-electron chi connectivity index (χ3n) is 2.79. The topological polar surface area (TPSA) is 40.5 Å². The summed E-state index contributed by atoms with van der Waals surface area (Å²) in [5.41, 5.74) is 0.626. The predicted octanol–water partition coefficient (Wildman–Crippen LogP) is 3.98. The molecule has 0 saturated carbocycles. The van der Waals surface area contributed by atoms with E-state index in [-0.39, 0.29) is 5.56 Å². The van der Waals surface area contributed by atoms with Crippen LogP contribution in [0.5, 0.6) is 0 Å². The average molecular weight is 358 g/mol. The highest BCUT2D eigenvalue weighted by Crippen LogP contribution is 2.22. The summed E-state index contributed by atoms with van der Waals surface area (Å²) in [6, 6.07) is 5.78. The van der Waals surface area contributed by atoms with Crippen molar-refractivity contribution in [2.75, 3.05) is 7.05 Å². The van der Waals surface area contributed by atoms with Gasteiger partial charge in [0.1, 0.15) is 5.82 Å². The van der Waals surface area contributed by atoms with Crippen molar-refractivity contribution in [3.8, 4) is 0 Å². The molecule has 2 rings (SSSR count). The van der Waals surface area contributed by atoms with Gasteiger partial charge in [0.25, 0.3) is 0 Å². The minimum Gasteiger partial charge on any atom is -0.478 e. The second kappa shape index (κ2) is 6.47. The maximum Gasteiger partial charge on any atom is 0.336 e. The van der Waals surface area contributed by atoms with Crippen LogP contribution in [0.4, 0.5) is 4.39 Å². The van der Waals surface area contributed by atoms with Gasteiger partial charge in [-0.3, -0.25) is 4.90 Å². The smallest absolute Gasteiger partial charge is 0.336 e. The normalized spacial score (nSPS) is 11.0. The molecule has 1 aromatic carbocycles. The van der Waals surface area contributed by atoms with E-state index in [9.17, 15) is 9.18 Å². The summed E-state index contributed by atoms with van der Waals surface area (Å²) in [5.74, 6) is -1.45.